The highest BCUT2D eigenvalue weighted by atomic mass is 16.5. The molecule has 6 heteroatoms. The zero-order valence-corrected chi connectivity index (χ0v) is 11.9. The van der Waals surface area contributed by atoms with Gasteiger partial charge < -0.3 is 14.6 Å². The molecular weight excluding hydrogens is 260 g/mol. The summed E-state index contributed by atoms with van der Waals surface area (Å²) in [6.07, 6.45) is 0.571. The molecule has 1 N–H and O–H groups in total. The van der Waals surface area contributed by atoms with Crippen molar-refractivity contribution in [1.82, 2.24) is 9.88 Å². The van der Waals surface area contributed by atoms with E-state index in [9.17, 15) is 14.4 Å². The average molecular weight is 278 g/mol. The van der Waals surface area contributed by atoms with Crippen LogP contribution in [0, 0.1) is 19.8 Å². The second-order valence-corrected chi connectivity index (χ2v) is 5.10. The molecule has 1 saturated heterocycles. The fourth-order valence-corrected chi connectivity index (χ4v) is 2.58. The first-order valence-electron chi connectivity index (χ1n) is 6.51. The molecule has 0 radical (unpaired) electrons. The third kappa shape index (κ3) is 2.59. The number of nitrogens with zero attached hydrogens (tertiary/aromatic N) is 1. The van der Waals surface area contributed by atoms with E-state index in [-0.39, 0.29) is 28.9 Å². The largest absolute Gasteiger partial charge is 0.469 e. The molecule has 1 aromatic heterocycles. The zero-order valence-electron chi connectivity index (χ0n) is 11.9. The van der Waals surface area contributed by atoms with E-state index in [4.69, 9.17) is 0 Å². The molecule has 0 aromatic carbocycles. The van der Waals surface area contributed by atoms with E-state index < -0.39 is 0 Å². The number of hydrogen-bond donors (Lipinski definition) is 1. The van der Waals surface area contributed by atoms with Crippen molar-refractivity contribution in [2.75, 3.05) is 20.2 Å². The van der Waals surface area contributed by atoms with E-state index in [1.807, 2.05) is 0 Å². The van der Waals surface area contributed by atoms with Gasteiger partial charge in [0.15, 0.2) is 0 Å². The normalized spacial score (nSPS) is 18.1. The molecule has 1 aromatic rings. The lowest BCUT2D eigenvalue weighted by atomic mass is 10.1. The van der Waals surface area contributed by atoms with E-state index in [0.29, 0.717) is 25.1 Å². The van der Waals surface area contributed by atoms with Crippen LogP contribution in [0.3, 0.4) is 0 Å². The molecule has 108 valence electrons. The summed E-state index contributed by atoms with van der Waals surface area (Å²) in [5.74, 6) is -0.932. The number of rotatable bonds is 2. The molecule has 2 rings (SSSR count). The van der Waals surface area contributed by atoms with Crippen LogP contribution in [0.2, 0.25) is 0 Å². The van der Waals surface area contributed by atoms with E-state index in [1.54, 1.807) is 19.9 Å². The van der Waals surface area contributed by atoms with Crippen molar-refractivity contribution in [3.63, 3.8) is 0 Å². The van der Waals surface area contributed by atoms with Gasteiger partial charge >= 0.3 is 5.97 Å². The molecule has 0 aliphatic carbocycles. The number of hydrogen-bond acceptors (Lipinski definition) is 4. The van der Waals surface area contributed by atoms with Gasteiger partial charge in [-0.1, -0.05) is 0 Å². The zero-order chi connectivity index (χ0) is 14.9. The Morgan fingerprint density at radius 3 is 2.70 bits per heavy atom. The minimum atomic E-state index is -0.381. The van der Waals surface area contributed by atoms with Crippen molar-refractivity contribution in [1.29, 1.82) is 0 Å². The van der Waals surface area contributed by atoms with Gasteiger partial charge in [0, 0.05) is 18.8 Å². The van der Waals surface area contributed by atoms with Crippen molar-refractivity contribution in [3.05, 3.63) is 33.2 Å². The number of nitrogens with one attached hydrogen (secondary N) is 1. The van der Waals surface area contributed by atoms with Crippen LogP contribution in [0.1, 0.15) is 28.0 Å². The maximum absolute atomic E-state index is 12.4. The van der Waals surface area contributed by atoms with Crippen molar-refractivity contribution in [2.45, 2.75) is 20.3 Å². The second-order valence-electron chi connectivity index (χ2n) is 5.10. The number of likely N-dealkylation sites (tertiary alicyclic amines) is 1. The van der Waals surface area contributed by atoms with Crippen LogP contribution in [-0.4, -0.2) is 42.0 Å². The maximum atomic E-state index is 12.4. The number of H-pyrrole nitrogens is 1. The molecule has 20 heavy (non-hydrogen) atoms. The fraction of sp³-hybridized carbons (Fsp3) is 0.500. The van der Waals surface area contributed by atoms with Crippen LogP contribution in [0.5, 0.6) is 0 Å². The van der Waals surface area contributed by atoms with Gasteiger partial charge in [0.25, 0.3) is 11.5 Å². The van der Waals surface area contributed by atoms with Gasteiger partial charge in [0.05, 0.1) is 13.0 Å². The number of methoxy groups -OCH3 is 1. The summed E-state index contributed by atoms with van der Waals surface area (Å²) in [6.45, 7) is 4.28. The molecule has 0 spiro atoms. The molecule has 1 aliphatic heterocycles. The first kappa shape index (κ1) is 14.3. The number of aromatic amines is 1. The van der Waals surface area contributed by atoms with E-state index in [1.165, 1.54) is 12.0 Å². The third-order valence-corrected chi connectivity index (χ3v) is 3.59. The summed E-state index contributed by atoms with van der Waals surface area (Å²) in [6, 6.07) is 1.77. The summed E-state index contributed by atoms with van der Waals surface area (Å²) >= 11 is 0. The quantitative estimate of drug-likeness (QED) is 0.805. The summed E-state index contributed by atoms with van der Waals surface area (Å²) in [5, 5.41) is 0. The van der Waals surface area contributed by atoms with Crippen LogP contribution >= 0.6 is 0 Å². The molecule has 1 atom stereocenters. The smallest absolute Gasteiger partial charge is 0.310 e. The Bertz CT molecular complexity index is 606. The first-order chi connectivity index (χ1) is 9.43. The standard InChI is InChI=1S/C14H18N2O4/c1-8-6-9(2)15-12(17)11(8)13(18)16-5-4-10(7-16)14(19)20-3/h6,10H,4-5,7H2,1-3H3,(H,15,17). The summed E-state index contributed by atoms with van der Waals surface area (Å²) in [5.41, 5.74) is 1.14. The minimum Gasteiger partial charge on any atom is -0.469 e. The Kier molecular flexibility index (Phi) is 3.92. The molecule has 6 nitrogen and oxygen atoms in total. The van der Waals surface area contributed by atoms with Gasteiger partial charge in [-0.3, -0.25) is 14.4 Å². The molecule has 2 heterocycles. The highest BCUT2D eigenvalue weighted by molar-refractivity contribution is 5.95. The Morgan fingerprint density at radius 2 is 2.10 bits per heavy atom. The predicted molar refractivity (Wildman–Crippen MR) is 72.6 cm³/mol. The van der Waals surface area contributed by atoms with E-state index in [0.717, 1.165) is 5.69 Å². The molecule has 1 unspecified atom stereocenters. The van der Waals surface area contributed by atoms with E-state index >= 15 is 0 Å². The Hall–Kier alpha value is -2.11. The topological polar surface area (TPSA) is 79.5 Å². The molecule has 1 fully saturated rings. The molecule has 0 saturated carbocycles. The number of aryl methyl sites for hydroxylation is 2. The number of carbonyl (C=O) groups excluding carboxylic acids is 2. The van der Waals surface area contributed by atoms with Crippen LogP contribution in [0.25, 0.3) is 0 Å². The molecule has 1 amide bonds. The Balaban J connectivity index is 2.22. The maximum Gasteiger partial charge on any atom is 0.310 e. The van der Waals surface area contributed by atoms with Gasteiger partial charge in [-0.15, -0.1) is 0 Å². The van der Waals surface area contributed by atoms with Gasteiger partial charge in [-0.25, -0.2) is 0 Å². The highest BCUT2D eigenvalue weighted by Crippen LogP contribution is 2.20. The molecule has 0 bridgehead atoms. The van der Waals surface area contributed by atoms with Crippen molar-refractivity contribution in [3.8, 4) is 0 Å². The van der Waals surface area contributed by atoms with Gasteiger partial charge in [0.1, 0.15) is 5.56 Å². The Labute approximate surface area is 116 Å². The highest BCUT2D eigenvalue weighted by Gasteiger charge is 2.33. The van der Waals surface area contributed by atoms with Crippen molar-refractivity contribution < 1.29 is 14.3 Å². The van der Waals surface area contributed by atoms with E-state index in [2.05, 4.69) is 9.72 Å². The number of carbonyl (C=O) groups is 2. The SMILES string of the molecule is COC(=O)C1CCN(C(=O)c2c(C)cc(C)[nH]c2=O)C1. The number of ether oxygens (including phenoxy) is 1. The monoisotopic (exact) mass is 278 g/mol. The van der Waals surface area contributed by atoms with Crippen LogP contribution < -0.4 is 5.56 Å². The molecule has 1 aliphatic rings. The number of aromatic nitrogens is 1. The number of amides is 1. The molecular formula is C14H18N2O4. The van der Waals surface area contributed by atoms with Crippen LogP contribution in [0.15, 0.2) is 10.9 Å². The lowest BCUT2D eigenvalue weighted by molar-refractivity contribution is -0.144. The summed E-state index contributed by atoms with van der Waals surface area (Å²) < 4.78 is 4.69. The Morgan fingerprint density at radius 1 is 1.40 bits per heavy atom. The average Bonchev–Trinajstić information content (AvgIpc) is 2.86. The minimum absolute atomic E-state index is 0.154. The predicted octanol–water partition coefficient (Wildman–Crippen LogP) is 0.627. The van der Waals surface area contributed by atoms with Crippen LogP contribution in [0.4, 0.5) is 0 Å². The van der Waals surface area contributed by atoms with Crippen molar-refractivity contribution >= 4 is 11.9 Å². The first-order valence-corrected chi connectivity index (χ1v) is 6.51. The van der Waals surface area contributed by atoms with Crippen molar-refractivity contribution in [2.24, 2.45) is 5.92 Å². The summed E-state index contributed by atoms with van der Waals surface area (Å²) in [4.78, 5) is 40.0. The number of esters is 1. The second kappa shape index (κ2) is 5.48. The number of pyridine rings is 1. The van der Waals surface area contributed by atoms with Crippen LogP contribution in [-0.2, 0) is 9.53 Å². The summed E-state index contributed by atoms with van der Waals surface area (Å²) in [7, 11) is 1.33. The van der Waals surface area contributed by atoms with Gasteiger partial charge in [-0.2, -0.15) is 0 Å². The third-order valence-electron chi connectivity index (χ3n) is 3.59. The lowest BCUT2D eigenvalue weighted by Gasteiger charge is -2.17. The van der Waals surface area contributed by atoms with Gasteiger partial charge in [-0.05, 0) is 31.9 Å². The lowest BCUT2D eigenvalue weighted by Crippen LogP contribution is -2.35. The van der Waals surface area contributed by atoms with Gasteiger partial charge in [0.2, 0.25) is 0 Å². The fourth-order valence-electron chi connectivity index (χ4n) is 2.58.